The van der Waals surface area contributed by atoms with Gasteiger partial charge in [0.25, 0.3) is 0 Å². The van der Waals surface area contributed by atoms with Crippen LogP contribution < -0.4 is 5.32 Å². The summed E-state index contributed by atoms with van der Waals surface area (Å²) in [5.41, 5.74) is 0.579. The van der Waals surface area contributed by atoms with Gasteiger partial charge in [0.15, 0.2) is 0 Å². The lowest BCUT2D eigenvalue weighted by atomic mass is 10.3. The molecule has 0 heterocycles. The van der Waals surface area contributed by atoms with Gasteiger partial charge in [0.2, 0.25) is 5.91 Å². The summed E-state index contributed by atoms with van der Waals surface area (Å²) in [6.07, 6.45) is 0. The summed E-state index contributed by atoms with van der Waals surface area (Å²) in [5.74, 6) is -0.211. The summed E-state index contributed by atoms with van der Waals surface area (Å²) in [5, 5.41) is 3.16. The number of anilines is 1. The first-order valence-electron chi connectivity index (χ1n) is 4.46. The molecule has 5 heteroatoms. The molecule has 0 bridgehead atoms. The van der Waals surface area contributed by atoms with Crippen molar-refractivity contribution in [1.29, 1.82) is 0 Å². The van der Waals surface area contributed by atoms with Crippen LogP contribution in [0.5, 0.6) is 0 Å². The van der Waals surface area contributed by atoms with Crippen LogP contribution in [0.1, 0.15) is 6.92 Å². The van der Waals surface area contributed by atoms with E-state index in [4.69, 9.17) is 16.3 Å². The van der Waals surface area contributed by atoms with Gasteiger partial charge in [-0.3, -0.25) is 4.79 Å². The van der Waals surface area contributed by atoms with E-state index in [1.807, 2.05) is 6.92 Å². The zero-order chi connectivity index (χ0) is 11.3. The van der Waals surface area contributed by atoms with E-state index < -0.39 is 0 Å². The fourth-order valence-electron chi connectivity index (χ4n) is 0.974. The zero-order valence-electron chi connectivity index (χ0n) is 8.22. The maximum Gasteiger partial charge on any atom is 0.250 e. The van der Waals surface area contributed by atoms with E-state index in [2.05, 4.69) is 21.2 Å². The standard InChI is InChI=1S/C10H11BrClNO2/c1-2-15-6-10(14)13-9-5-7(11)3-4-8(9)12/h3-5H,2,6H2,1H3,(H,13,14). The molecule has 3 nitrogen and oxygen atoms in total. The number of carbonyl (C=O) groups is 1. The highest BCUT2D eigenvalue weighted by Gasteiger charge is 2.05. The molecule has 82 valence electrons. The van der Waals surface area contributed by atoms with Crippen LogP contribution in [-0.4, -0.2) is 19.1 Å². The molecule has 0 aliphatic heterocycles. The van der Waals surface area contributed by atoms with Crippen LogP contribution in [0.3, 0.4) is 0 Å². The predicted octanol–water partition coefficient (Wildman–Crippen LogP) is 3.08. The van der Waals surface area contributed by atoms with Crippen LogP contribution in [0, 0.1) is 0 Å². The van der Waals surface area contributed by atoms with Gasteiger partial charge in [-0.1, -0.05) is 27.5 Å². The molecule has 1 amide bonds. The SMILES string of the molecule is CCOCC(=O)Nc1cc(Br)ccc1Cl. The molecule has 0 aromatic heterocycles. The molecule has 1 rings (SSSR count). The van der Waals surface area contributed by atoms with Gasteiger partial charge in [-0.15, -0.1) is 0 Å². The molecular weight excluding hydrogens is 281 g/mol. The van der Waals surface area contributed by atoms with E-state index in [9.17, 15) is 4.79 Å². The van der Waals surface area contributed by atoms with Crippen LogP contribution >= 0.6 is 27.5 Å². The first-order valence-corrected chi connectivity index (χ1v) is 5.63. The minimum absolute atomic E-state index is 0.0410. The molecular formula is C10H11BrClNO2. The highest BCUT2D eigenvalue weighted by Crippen LogP contribution is 2.25. The highest BCUT2D eigenvalue weighted by atomic mass is 79.9. The number of ether oxygens (including phenoxy) is 1. The Labute approximate surface area is 102 Å². The van der Waals surface area contributed by atoms with Crippen molar-refractivity contribution in [2.45, 2.75) is 6.92 Å². The minimum Gasteiger partial charge on any atom is -0.372 e. The summed E-state index contributed by atoms with van der Waals surface area (Å²) in [4.78, 5) is 11.3. The van der Waals surface area contributed by atoms with Gasteiger partial charge in [-0.05, 0) is 25.1 Å². The Bertz CT molecular complexity index is 357. The summed E-state index contributed by atoms with van der Waals surface area (Å²) >= 11 is 9.20. The number of carbonyl (C=O) groups excluding carboxylic acids is 1. The van der Waals surface area contributed by atoms with Gasteiger partial charge in [0.1, 0.15) is 6.61 Å². The van der Waals surface area contributed by atoms with Crippen LogP contribution in [0.25, 0.3) is 0 Å². The average molecular weight is 293 g/mol. The van der Waals surface area contributed by atoms with E-state index in [1.54, 1.807) is 18.2 Å². The average Bonchev–Trinajstić information content (AvgIpc) is 2.20. The van der Waals surface area contributed by atoms with Gasteiger partial charge in [-0.2, -0.15) is 0 Å². The second kappa shape index (κ2) is 6.10. The van der Waals surface area contributed by atoms with E-state index in [0.717, 1.165) is 4.47 Å². The van der Waals surface area contributed by atoms with E-state index in [0.29, 0.717) is 17.3 Å². The quantitative estimate of drug-likeness (QED) is 0.926. The minimum atomic E-state index is -0.211. The molecule has 0 saturated carbocycles. The lowest BCUT2D eigenvalue weighted by molar-refractivity contribution is -0.120. The molecule has 0 unspecified atom stereocenters. The Morgan fingerprint density at radius 1 is 1.60 bits per heavy atom. The third kappa shape index (κ3) is 4.20. The maximum absolute atomic E-state index is 11.3. The molecule has 0 saturated heterocycles. The topological polar surface area (TPSA) is 38.3 Å². The Hall–Kier alpha value is -0.580. The van der Waals surface area contributed by atoms with Crippen molar-refractivity contribution in [2.24, 2.45) is 0 Å². The molecule has 1 N–H and O–H groups in total. The second-order valence-corrected chi connectivity index (χ2v) is 4.13. The third-order valence-corrected chi connectivity index (χ3v) is 2.46. The predicted molar refractivity (Wildman–Crippen MR) is 64.3 cm³/mol. The number of benzene rings is 1. The van der Waals surface area contributed by atoms with Gasteiger partial charge >= 0.3 is 0 Å². The number of nitrogens with one attached hydrogen (secondary N) is 1. The lowest BCUT2D eigenvalue weighted by Gasteiger charge is -2.07. The molecule has 0 fully saturated rings. The monoisotopic (exact) mass is 291 g/mol. The lowest BCUT2D eigenvalue weighted by Crippen LogP contribution is -2.18. The largest absolute Gasteiger partial charge is 0.372 e. The van der Waals surface area contributed by atoms with Gasteiger partial charge < -0.3 is 10.1 Å². The Morgan fingerprint density at radius 2 is 2.33 bits per heavy atom. The molecule has 1 aromatic carbocycles. The number of halogens is 2. The van der Waals surface area contributed by atoms with Crippen molar-refractivity contribution in [3.05, 3.63) is 27.7 Å². The number of amides is 1. The summed E-state index contributed by atoms with van der Waals surface area (Å²) < 4.78 is 5.83. The summed E-state index contributed by atoms with van der Waals surface area (Å²) in [6, 6.07) is 5.26. The number of rotatable bonds is 4. The van der Waals surface area contributed by atoms with Gasteiger partial charge in [0.05, 0.1) is 10.7 Å². The maximum atomic E-state index is 11.3. The van der Waals surface area contributed by atoms with Crippen LogP contribution in [0.4, 0.5) is 5.69 Å². The molecule has 0 aliphatic carbocycles. The molecule has 0 atom stereocenters. The smallest absolute Gasteiger partial charge is 0.250 e. The zero-order valence-corrected chi connectivity index (χ0v) is 10.6. The third-order valence-electron chi connectivity index (χ3n) is 1.64. The molecule has 0 aliphatic rings. The van der Waals surface area contributed by atoms with Crippen molar-refractivity contribution < 1.29 is 9.53 Å². The van der Waals surface area contributed by atoms with Crippen molar-refractivity contribution in [1.82, 2.24) is 0 Å². The first kappa shape index (κ1) is 12.5. The number of hydrogen-bond acceptors (Lipinski definition) is 2. The Balaban J connectivity index is 2.63. The fraction of sp³-hybridized carbons (Fsp3) is 0.300. The molecule has 1 aromatic rings. The van der Waals surface area contributed by atoms with Crippen molar-refractivity contribution in [3.63, 3.8) is 0 Å². The van der Waals surface area contributed by atoms with Gasteiger partial charge in [0, 0.05) is 11.1 Å². The van der Waals surface area contributed by atoms with Crippen molar-refractivity contribution in [2.75, 3.05) is 18.5 Å². The van der Waals surface area contributed by atoms with Crippen LogP contribution in [-0.2, 0) is 9.53 Å². The normalized spacial score (nSPS) is 10.1. The van der Waals surface area contributed by atoms with E-state index in [-0.39, 0.29) is 12.5 Å². The fourth-order valence-corrected chi connectivity index (χ4v) is 1.50. The molecule has 15 heavy (non-hydrogen) atoms. The van der Waals surface area contributed by atoms with E-state index >= 15 is 0 Å². The first-order chi connectivity index (χ1) is 7.13. The van der Waals surface area contributed by atoms with Crippen LogP contribution in [0.15, 0.2) is 22.7 Å². The Morgan fingerprint density at radius 3 is 3.00 bits per heavy atom. The van der Waals surface area contributed by atoms with Crippen molar-refractivity contribution >= 4 is 39.1 Å². The highest BCUT2D eigenvalue weighted by molar-refractivity contribution is 9.10. The molecule has 0 radical (unpaired) electrons. The van der Waals surface area contributed by atoms with Crippen molar-refractivity contribution in [3.8, 4) is 0 Å². The van der Waals surface area contributed by atoms with Gasteiger partial charge in [-0.25, -0.2) is 0 Å². The molecule has 0 spiro atoms. The van der Waals surface area contributed by atoms with E-state index in [1.165, 1.54) is 0 Å². The van der Waals surface area contributed by atoms with Crippen LogP contribution in [0.2, 0.25) is 5.02 Å². The second-order valence-electron chi connectivity index (χ2n) is 2.81. The Kier molecular flexibility index (Phi) is 5.08. The summed E-state index contributed by atoms with van der Waals surface area (Å²) in [6.45, 7) is 2.39. The summed E-state index contributed by atoms with van der Waals surface area (Å²) in [7, 11) is 0. The number of hydrogen-bond donors (Lipinski definition) is 1.